The number of aliphatic hydroxyl groups is 1. The van der Waals surface area contributed by atoms with Gasteiger partial charge in [-0.25, -0.2) is 4.79 Å². The van der Waals surface area contributed by atoms with E-state index in [4.69, 9.17) is 4.74 Å². The lowest BCUT2D eigenvalue weighted by Gasteiger charge is -2.33. The monoisotopic (exact) mass is 433 g/mol. The summed E-state index contributed by atoms with van der Waals surface area (Å²) in [4.78, 5) is 39.5. The number of nitrogens with one attached hydrogen (secondary N) is 2. The Morgan fingerprint density at radius 3 is 2.35 bits per heavy atom. The quantitative estimate of drug-likeness (QED) is 0.584. The molecule has 1 aromatic rings. The molecule has 0 bridgehead atoms. The van der Waals surface area contributed by atoms with Crippen molar-refractivity contribution in [3.05, 3.63) is 35.9 Å². The molecule has 1 aliphatic carbocycles. The van der Waals surface area contributed by atoms with Crippen LogP contribution >= 0.6 is 0 Å². The zero-order chi connectivity index (χ0) is 22.9. The molecule has 1 saturated carbocycles. The Balaban J connectivity index is 2.17. The van der Waals surface area contributed by atoms with Gasteiger partial charge in [-0.2, -0.15) is 0 Å². The fourth-order valence-corrected chi connectivity index (χ4v) is 3.70. The molecule has 0 aliphatic heterocycles. The van der Waals surface area contributed by atoms with E-state index in [0.717, 1.165) is 25.7 Å². The summed E-state index contributed by atoms with van der Waals surface area (Å²) < 4.78 is 5.17. The van der Waals surface area contributed by atoms with Crippen molar-refractivity contribution in [3.63, 3.8) is 0 Å². The number of alkyl carbamates (subject to hydrolysis) is 1. The first-order valence-electron chi connectivity index (χ1n) is 10.9. The van der Waals surface area contributed by atoms with Crippen molar-refractivity contribution in [2.75, 3.05) is 19.7 Å². The second-order valence-corrected chi connectivity index (χ2v) is 8.82. The first-order valence-corrected chi connectivity index (χ1v) is 10.9. The van der Waals surface area contributed by atoms with Crippen molar-refractivity contribution in [3.8, 4) is 0 Å². The standard InChI is InChI=1S/C23H35N3O5/c1-23(2,3)31-22(30)24-16-19(28)26(14-15-27)20(17-10-6-4-7-11-17)21(29)25-18-12-8-5-9-13-18/h4,6-7,10-11,18,20,27H,5,8-9,12-16H2,1-3H3,(H,24,30)(H,25,29). The highest BCUT2D eigenvalue weighted by Crippen LogP contribution is 2.24. The SMILES string of the molecule is CC(C)(C)OC(=O)NCC(=O)N(CCO)C(C(=O)NC1CCCCC1)c1ccccc1. The summed E-state index contributed by atoms with van der Waals surface area (Å²) in [5, 5.41) is 15.1. The highest BCUT2D eigenvalue weighted by molar-refractivity contribution is 5.90. The van der Waals surface area contributed by atoms with Crippen LogP contribution in [0.4, 0.5) is 4.79 Å². The van der Waals surface area contributed by atoms with Crippen LogP contribution < -0.4 is 10.6 Å². The number of ether oxygens (including phenoxy) is 1. The minimum Gasteiger partial charge on any atom is -0.444 e. The predicted molar refractivity (Wildman–Crippen MR) is 117 cm³/mol. The van der Waals surface area contributed by atoms with Crippen LogP contribution in [0.1, 0.15) is 64.5 Å². The maximum atomic E-state index is 13.3. The average Bonchev–Trinajstić information content (AvgIpc) is 2.72. The van der Waals surface area contributed by atoms with Crippen LogP contribution in [0.3, 0.4) is 0 Å². The summed E-state index contributed by atoms with van der Waals surface area (Å²) in [6.45, 7) is 4.51. The molecule has 8 heteroatoms. The number of hydrogen-bond acceptors (Lipinski definition) is 5. The Hall–Kier alpha value is -2.61. The van der Waals surface area contributed by atoms with Crippen LogP contribution in [0, 0.1) is 0 Å². The summed E-state index contributed by atoms with van der Waals surface area (Å²) >= 11 is 0. The third-order valence-electron chi connectivity index (χ3n) is 5.07. The normalized spacial score (nSPS) is 15.6. The fraction of sp³-hybridized carbons (Fsp3) is 0.609. The Kier molecular flexibility index (Phi) is 9.30. The van der Waals surface area contributed by atoms with Crippen LogP contribution in [-0.2, 0) is 14.3 Å². The van der Waals surface area contributed by atoms with E-state index in [1.165, 1.54) is 11.3 Å². The van der Waals surface area contributed by atoms with Gasteiger partial charge in [-0.05, 0) is 39.2 Å². The number of aliphatic hydroxyl groups excluding tert-OH is 1. The fourth-order valence-electron chi connectivity index (χ4n) is 3.70. The molecule has 0 saturated heterocycles. The van der Waals surface area contributed by atoms with E-state index >= 15 is 0 Å². The Bertz CT molecular complexity index is 726. The van der Waals surface area contributed by atoms with Gasteiger partial charge in [-0.1, -0.05) is 49.6 Å². The van der Waals surface area contributed by atoms with Crippen LogP contribution in [0.25, 0.3) is 0 Å². The molecule has 1 aromatic carbocycles. The smallest absolute Gasteiger partial charge is 0.408 e. The third kappa shape index (κ3) is 8.20. The second-order valence-electron chi connectivity index (χ2n) is 8.82. The lowest BCUT2D eigenvalue weighted by atomic mass is 9.94. The van der Waals surface area contributed by atoms with Gasteiger partial charge in [0, 0.05) is 12.6 Å². The third-order valence-corrected chi connectivity index (χ3v) is 5.07. The second kappa shape index (κ2) is 11.7. The largest absolute Gasteiger partial charge is 0.444 e. The van der Waals surface area contributed by atoms with E-state index in [0.29, 0.717) is 5.56 Å². The number of carbonyl (C=O) groups is 3. The molecule has 1 fully saturated rings. The van der Waals surface area contributed by atoms with Gasteiger partial charge in [-0.3, -0.25) is 9.59 Å². The molecule has 3 N–H and O–H groups in total. The summed E-state index contributed by atoms with van der Waals surface area (Å²) in [5.41, 5.74) is -0.0421. The number of nitrogens with zero attached hydrogens (tertiary/aromatic N) is 1. The van der Waals surface area contributed by atoms with Crippen molar-refractivity contribution in [1.29, 1.82) is 0 Å². The summed E-state index contributed by atoms with van der Waals surface area (Å²) in [6.07, 6.45) is 4.43. The minimum absolute atomic E-state index is 0.0352. The van der Waals surface area contributed by atoms with E-state index in [-0.39, 0.29) is 31.6 Å². The molecule has 0 heterocycles. The molecule has 1 aliphatic rings. The maximum Gasteiger partial charge on any atom is 0.408 e. The van der Waals surface area contributed by atoms with Crippen molar-refractivity contribution in [1.82, 2.24) is 15.5 Å². The molecular weight excluding hydrogens is 398 g/mol. The topological polar surface area (TPSA) is 108 Å². The Morgan fingerprint density at radius 2 is 1.77 bits per heavy atom. The Morgan fingerprint density at radius 1 is 1.13 bits per heavy atom. The van der Waals surface area contributed by atoms with Gasteiger partial charge >= 0.3 is 6.09 Å². The number of rotatable bonds is 8. The van der Waals surface area contributed by atoms with E-state index < -0.39 is 23.6 Å². The van der Waals surface area contributed by atoms with Crippen LogP contribution in [-0.4, -0.2) is 59.3 Å². The lowest BCUT2D eigenvalue weighted by Crippen LogP contribution is -2.50. The number of benzene rings is 1. The van der Waals surface area contributed by atoms with Crippen molar-refractivity contribution in [2.24, 2.45) is 0 Å². The van der Waals surface area contributed by atoms with Gasteiger partial charge in [0.2, 0.25) is 11.8 Å². The molecule has 1 unspecified atom stereocenters. The molecule has 0 spiro atoms. The molecule has 1 atom stereocenters. The van der Waals surface area contributed by atoms with Gasteiger partial charge in [0.05, 0.1) is 6.61 Å². The summed E-state index contributed by atoms with van der Waals surface area (Å²) in [7, 11) is 0. The van der Waals surface area contributed by atoms with Crippen molar-refractivity contribution in [2.45, 2.75) is 70.6 Å². The van der Waals surface area contributed by atoms with E-state index in [1.54, 1.807) is 45.0 Å². The van der Waals surface area contributed by atoms with E-state index in [2.05, 4.69) is 10.6 Å². The number of amides is 3. The molecule has 2 rings (SSSR count). The summed E-state index contributed by atoms with van der Waals surface area (Å²) in [5.74, 6) is -0.760. The molecule has 0 radical (unpaired) electrons. The predicted octanol–water partition coefficient (Wildman–Crippen LogP) is 2.52. The molecule has 0 aromatic heterocycles. The zero-order valence-corrected chi connectivity index (χ0v) is 18.7. The van der Waals surface area contributed by atoms with Gasteiger partial charge in [0.1, 0.15) is 18.2 Å². The molecular formula is C23H35N3O5. The number of hydrogen-bond donors (Lipinski definition) is 3. The molecule has 8 nitrogen and oxygen atoms in total. The average molecular weight is 434 g/mol. The van der Waals surface area contributed by atoms with Crippen LogP contribution in [0.2, 0.25) is 0 Å². The maximum absolute atomic E-state index is 13.3. The lowest BCUT2D eigenvalue weighted by molar-refractivity contribution is -0.141. The van der Waals surface area contributed by atoms with Gasteiger partial charge in [0.15, 0.2) is 0 Å². The van der Waals surface area contributed by atoms with E-state index in [1.807, 2.05) is 6.07 Å². The highest BCUT2D eigenvalue weighted by atomic mass is 16.6. The van der Waals surface area contributed by atoms with Crippen LogP contribution in [0.15, 0.2) is 30.3 Å². The first-order chi connectivity index (χ1) is 14.7. The highest BCUT2D eigenvalue weighted by Gasteiger charge is 2.32. The van der Waals surface area contributed by atoms with Crippen molar-refractivity contribution >= 4 is 17.9 Å². The molecule has 31 heavy (non-hydrogen) atoms. The molecule has 3 amide bonds. The first kappa shape index (κ1) is 24.7. The number of carbonyl (C=O) groups excluding carboxylic acids is 3. The van der Waals surface area contributed by atoms with E-state index in [9.17, 15) is 19.5 Å². The van der Waals surface area contributed by atoms with Crippen LogP contribution in [0.5, 0.6) is 0 Å². The zero-order valence-electron chi connectivity index (χ0n) is 18.7. The van der Waals surface area contributed by atoms with Gasteiger partial charge in [-0.15, -0.1) is 0 Å². The van der Waals surface area contributed by atoms with Gasteiger partial charge in [0.25, 0.3) is 0 Å². The van der Waals surface area contributed by atoms with Gasteiger partial charge < -0.3 is 25.4 Å². The molecule has 172 valence electrons. The minimum atomic E-state index is -0.900. The van der Waals surface area contributed by atoms with Crippen molar-refractivity contribution < 1.29 is 24.2 Å². The summed E-state index contributed by atoms with van der Waals surface area (Å²) in [6, 6.07) is 8.19. The Labute approximate surface area is 184 Å².